The zero-order chi connectivity index (χ0) is 20.1. The fourth-order valence-electron chi connectivity index (χ4n) is 2.96. The number of hydrogen-bond acceptors (Lipinski definition) is 4. The van der Waals surface area contributed by atoms with Crippen LogP contribution in [0.25, 0.3) is 34.7 Å². The Balaban J connectivity index is 1.50. The van der Waals surface area contributed by atoms with E-state index in [1.165, 1.54) is 0 Å². The summed E-state index contributed by atoms with van der Waals surface area (Å²) in [5.41, 5.74) is 5.56. The van der Waals surface area contributed by atoms with Crippen molar-refractivity contribution >= 4 is 28.9 Å². The molecule has 146 valence electrons. The summed E-state index contributed by atoms with van der Waals surface area (Å²) >= 11 is 0. The molecule has 0 bridgehead atoms. The highest BCUT2D eigenvalue weighted by molar-refractivity contribution is 5.78. The summed E-state index contributed by atoms with van der Waals surface area (Å²) < 4.78 is 23.4. The number of nitrogens with one attached hydrogen (secondary N) is 1. The minimum absolute atomic E-state index is 0.0289. The number of hydrogen-bond donors (Lipinski definition) is 1. The van der Waals surface area contributed by atoms with Gasteiger partial charge in [-0.3, -0.25) is 0 Å². The molecule has 0 fully saturated rings. The Labute approximate surface area is 168 Å². The summed E-state index contributed by atoms with van der Waals surface area (Å²) in [6, 6.07) is 21.6. The number of fused-ring (bicyclic) bond motifs is 1. The Morgan fingerprint density at radius 2 is 1.66 bits per heavy atom. The quantitative estimate of drug-likeness (QED) is 0.391. The molecule has 0 aliphatic rings. The number of halogens is 1. The van der Waals surface area contributed by atoms with Gasteiger partial charge < -0.3 is 14.5 Å². The first-order valence-electron chi connectivity index (χ1n) is 9.41. The van der Waals surface area contributed by atoms with Crippen LogP contribution in [0.1, 0.15) is 11.1 Å². The number of nitrogens with zero attached hydrogens (tertiary/aromatic N) is 1. The summed E-state index contributed by atoms with van der Waals surface area (Å²) in [5, 5.41) is 3.11. The van der Waals surface area contributed by atoms with Gasteiger partial charge in [-0.1, -0.05) is 36.4 Å². The summed E-state index contributed by atoms with van der Waals surface area (Å²) in [6.45, 7) is -0.497. The van der Waals surface area contributed by atoms with E-state index >= 15 is 0 Å². The van der Waals surface area contributed by atoms with E-state index in [2.05, 4.69) is 34.6 Å². The van der Waals surface area contributed by atoms with Crippen molar-refractivity contribution in [2.45, 2.75) is 0 Å². The molecule has 0 unspecified atom stereocenters. The van der Waals surface area contributed by atoms with E-state index in [9.17, 15) is 4.39 Å². The first-order valence-corrected chi connectivity index (χ1v) is 9.41. The molecule has 4 nitrogen and oxygen atoms in total. The highest BCUT2D eigenvalue weighted by atomic mass is 19.1. The third-order valence-corrected chi connectivity index (χ3v) is 4.53. The molecule has 0 aliphatic carbocycles. The lowest BCUT2D eigenvalue weighted by Gasteiger charge is -2.01. The Hall–Kier alpha value is -3.60. The smallest absolute Gasteiger partial charge is 0.227 e. The molecule has 4 rings (SSSR count). The second kappa shape index (κ2) is 8.61. The van der Waals surface area contributed by atoms with E-state index in [1.54, 1.807) is 12.1 Å². The third kappa shape index (κ3) is 4.46. The van der Waals surface area contributed by atoms with Gasteiger partial charge in [-0.05, 0) is 47.5 Å². The molecule has 5 heteroatoms. The summed E-state index contributed by atoms with van der Waals surface area (Å²) in [5.74, 6) is 1.11. The summed E-state index contributed by atoms with van der Waals surface area (Å²) in [7, 11) is 1.91. The first-order chi connectivity index (χ1) is 14.2. The first kappa shape index (κ1) is 18.7. The molecular formula is C24H21FN2O2. The summed E-state index contributed by atoms with van der Waals surface area (Å²) in [4.78, 5) is 4.52. The topological polar surface area (TPSA) is 47.3 Å². The van der Waals surface area contributed by atoms with Crippen molar-refractivity contribution in [1.82, 2.24) is 4.98 Å². The van der Waals surface area contributed by atoms with Gasteiger partial charge in [0.2, 0.25) is 5.89 Å². The van der Waals surface area contributed by atoms with Crippen molar-refractivity contribution in [1.29, 1.82) is 0 Å². The monoisotopic (exact) mass is 388 g/mol. The van der Waals surface area contributed by atoms with Crippen LogP contribution in [0.2, 0.25) is 0 Å². The number of anilines is 1. The van der Waals surface area contributed by atoms with E-state index in [-0.39, 0.29) is 6.61 Å². The van der Waals surface area contributed by atoms with Crippen molar-refractivity contribution in [3.63, 3.8) is 0 Å². The molecule has 0 radical (unpaired) electrons. The molecule has 1 heterocycles. The van der Waals surface area contributed by atoms with Crippen molar-refractivity contribution in [2.75, 3.05) is 25.6 Å². The van der Waals surface area contributed by atoms with Gasteiger partial charge in [-0.25, -0.2) is 9.37 Å². The van der Waals surface area contributed by atoms with Crippen LogP contribution in [-0.4, -0.2) is 25.3 Å². The summed E-state index contributed by atoms with van der Waals surface area (Å²) in [6.07, 6.45) is 4.14. The zero-order valence-electron chi connectivity index (χ0n) is 16.1. The molecule has 0 spiro atoms. The van der Waals surface area contributed by atoms with E-state index in [4.69, 9.17) is 9.15 Å². The Kier molecular flexibility index (Phi) is 5.56. The maximum atomic E-state index is 12.3. The second-order valence-electron chi connectivity index (χ2n) is 6.51. The predicted octanol–water partition coefficient (Wildman–Crippen LogP) is 6.06. The largest absolute Gasteiger partial charge is 0.491 e. The van der Waals surface area contributed by atoms with Gasteiger partial charge in [0.15, 0.2) is 5.58 Å². The lowest BCUT2D eigenvalue weighted by atomic mass is 10.1. The maximum absolute atomic E-state index is 12.3. The Bertz CT molecular complexity index is 1120. The van der Waals surface area contributed by atoms with E-state index in [0.29, 0.717) is 17.2 Å². The van der Waals surface area contributed by atoms with Crippen molar-refractivity contribution in [3.8, 4) is 17.2 Å². The zero-order valence-corrected chi connectivity index (χ0v) is 16.1. The molecule has 29 heavy (non-hydrogen) atoms. The van der Waals surface area contributed by atoms with E-state index < -0.39 is 6.67 Å². The van der Waals surface area contributed by atoms with Crippen LogP contribution in [0, 0.1) is 0 Å². The Morgan fingerprint density at radius 3 is 2.31 bits per heavy atom. The fraction of sp³-hybridized carbons (Fsp3) is 0.125. The van der Waals surface area contributed by atoms with Gasteiger partial charge in [0.1, 0.15) is 24.5 Å². The molecule has 4 aromatic rings. The number of alkyl halides is 1. The van der Waals surface area contributed by atoms with Crippen LogP contribution >= 0.6 is 0 Å². The molecule has 0 saturated carbocycles. The van der Waals surface area contributed by atoms with Gasteiger partial charge in [-0.15, -0.1) is 0 Å². The standard InChI is InChI=1S/C24H21FN2O2/c1-26-20-10-6-18(7-11-20)3-2-17-4-8-19(9-5-17)24-27-22-13-12-21(28-15-14-25)16-23(22)29-24/h2-13,16,26H,14-15H2,1H3/b3-2+. The third-order valence-electron chi connectivity index (χ3n) is 4.53. The predicted molar refractivity (Wildman–Crippen MR) is 116 cm³/mol. The fourth-order valence-corrected chi connectivity index (χ4v) is 2.96. The van der Waals surface area contributed by atoms with Gasteiger partial charge in [0, 0.05) is 24.4 Å². The number of ether oxygens (including phenoxy) is 1. The highest BCUT2D eigenvalue weighted by Gasteiger charge is 2.09. The normalized spacial score (nSPS) is 11.2. The van der Waals surface area contributed by atoms with Crippen molar-refractivity contribution in [2.24, 2.45) is 0 Å². The number of aromatic nitrogens is 1. The average molecular weight is 388 g/mol. The number of rotatable bonds is 7. The van der Waals surface area contributed by atoms with Crippen LogP contribution in [0.5, 0.6) is 5.75 Å². The van der Waals surface area contributed by atoms with Crippen LogP contribution in [0.4, 0.5) is 10.1 Å². The van der Waals surface area contributed by atoms with Crippen molar-refractivity contribution in [3.05, 3.63) is 77.9 Å². The molecule has 1 aromatic heterocycles. The lowest BCUT2D eigenvalue weighted by Crippen LogP contribution is -1.97. The molecular weight excluding hydrogens is 367 g/mol. The maximum Gasteiger partial charge on any atom is 0.227 e. The molecule has 0 saturated heterocycles. The van der Waals surface area contributed by atoms with Gasteiger partial charge in [-0.2, -0.15) is 0 Å². The molecule has 3 aromatic carbocycles. The van der Waals surface area contributed by atoms with Gasteiger partial charge in [0.05, 0.1) is 0 Å². The SMILES string of the molecule is CNc1ccc(/C=C/c2ccc(-c3nc4ccc(OCCF)cc4o3)cc2)cc1. The van der Waals surface area contributed by atoms with Crippen LogP contribution in [-0.2, 0) is 0 Å². The van der Waals surface area contributed by atoms with Gasteiger partial charge >= 0.3 is 0 Å². The number of oxazole rings is 1. The molecule has 1 N–H and O–H groups in total. The molecule has 0 amide bonds. The number of benzene rings is 3. The highest BCUT2D eigenvalue weighted by Crippen LogP contribution is 2.27. The minimum atomic E-state index is -0.526. The molecule has 0 aliphatic heterocycles. The Morgan fingerprint density at radius 1 is 0.966 bits per heavy atom. The average Bonchev–Trinajstić information content (AvgIpc) is 3.20. The molecule has 0 atom stereocenters. The van der Waals surface area contributed by atoms with Crippen molar-refractivity contribution < 1.29 is 13.5 Å². The van der Waals surface area contributed by atoms with E-state index in [0.717, 1.165) is 27.9 Å². The van der Waals surface area contributed by atoms with Gasteiger partial charge in [0.25, 0.3) is 0 Å². The lowest BCUT2D eigenvalue weighted by molar-refractivity contribution is 0.273. The minimum Gasteiger partial charge on any atom is -0.491 e. The van der Waals surface area contributed by atoms with E-state index in [1.807, 2.05) is 49.5 Å². The van der Waals surface area contributed by atoms with Crippen LogP contribution in [0.3, 0.4) is 0 Å². The van der Waals surface area contributed by atoms with Crippen LogP contribution in [0.15, 0.2) is 71.1 Å². The second-order valence-corrected chi connectivity index (χ2v) is 6.51. The van der Waals surface area contributed by atoms with Crippen LogP contribution < -0.4 is 10.1 Å².